The fourth-order valence-corrected chi connectivity index (χ4v) is 4.58. The lowest BCUT2D eigenvalue weighted by Gasteiger charge is -2.50. The van der Waals surface area contributed by atoms with Crippen LogP contribution in [0.1, 0.15) is 32.3 Å². The number of para-hydroxylation sites is 1. The lowest BCUT2D eigenvalue weighted by Crippen LogP contribution is -2.67. The largest absolute Gasteiger partial charge is 0.473 e. The molecule has 194 valence electrons. The molecule has 2 N–H and O–H groups in total. The maximum Gasteiger partial charge on any atom is 0.414 e. The van der Waals surface area contributed by atoms with Gasteiger partial charge in [0.05, 0.1) is 7.11 Å². The lowest BCUT2D eigenvalue weighted by atomic mass is 9.76. The molecule has 1 saturated heterocycles. The number of carbonyl (C=O) groups is 4. The Morgan fingerprint density at radius 2 is 1.56 bits per heavy atom. The van der Waals surface area contributed by atoms with E-state index < -0.39 is 17.5 Å². The molecule has 3 rings (SSSR count). The zero-order valence-corrected chi connectivity index (χ0v) is 20.9. The summed E-state index contributed by atoms with van der Waals surface area (Å²) in [6.45, 7) is 6.31. The summed E-state index contributed by atoms with van der Waals surface area (Å²) in [5.74, 6) is -4.10. The van der Waals surface area contributed by atoms with Gasteiger partial charge in [0, 0.05) is 37.7 Å². The molecule has 1 aliphatic heterocycles. The third-order valence-electron chi connectivity index (χ3n) is 6.40. The number of likely N-dealkylation sites (tertiary alicyclic amines) is 1. The van der Waals surface area contributed by atoms with E-state index in [1.165, 1.54) is 12.7 Å². The summed E-state index contributed by atoms with van der Waals surface area (Å²) in [5, 5.41) is 14.8. The summed E-state index contributed by atoms with van der Waals surface area (Å²) in [4.78, 5) is 48.6. The van der Waals surface area contributed by atoms with Gasteiger partial charge in [0.25, 0.3) is 0 Å². The molecule has 9 nitrogen and oxygen atoms in total. The molecular formula is C27H34N2O7. The van der Waals surface area contributed by atoms with Crippen molar-refractivity contribution in [1.82, 2.24) is 4.90 Å². The van der Waals surface area contributed by atoms with E-state index in [0.29, 0.717) is 12.8 Å². The molecule has 2 atom stereocenters. The van der Waals surface area contributed by atoms with Crippen LogP contribution in [0.25, 0.3) is 0 Å². The van der Waals surface area contributed by atoms with Crippen molar-refractivity contribution in [2.45, 2.75) is 38.6 Å². The number of carbonyl (C=O) groups excluding carboxylic acids is 2. The maximum absolute atomic E-state index is 13.2. The van der Waals surface area contributed by atoms with Gasteiger partial charge in [-0.05, 0) is 30.5 Å². The first-order chi connectivity index (χ1) is 17.2. The van der Waals surface area contributed by atoms with E-state index in [2.05, 4.69) is 36.1 Å². The summed E-state index contributed by atoms with van der Waals surface area (Å²) in [6.07, 6.45) is 1.85. The molecule has 9 heteroatoms. The maximum atomic E-state index is 13.2. The highest BCUT2D eigenvalue weighted by molar-refractivity contribution is 6.27. The fraction of sp³-hybridized carbons (Fsp3) is 0.407. The first kappa shape index (κ1) is 28.5. The Hall–Kier alpha value is -3.72. The number of benzene rings is 2. The topological polar surface area (TPSA) is 124 Å². The number of carboxylic acid groups (broad SMARTS) is 2. The fourth-order valence-electron chi connectivity index (χ4n) is 4.58. The number of hydrogen-bond donors (Lipinski definition) is 2. The number of carboxylic acids is 2. The van der Waals surface area contributed by atoms with Crippen LogP contribution in [0.5, 0.6) is 0 Å². The van der Waals surface area contributed by atoms with Gasteiger partial charge < -0.3 is 19.8 Å². The van der Waals surface area contributed by atoms with Crippen LogP contribution in [0, 0.1) is 5.92 Å². The van der Waals surface area contributed by atoms with Gasteiger partial charge >= 0.3 is 17.9 Å². The molecule has 1 fully saturated rings. The van der Waals surface area contributed by atoms with Gasteiger partial charge in [0.15, 0.2) is 0 Å². The minimum atomic E-state index is -1.82. The number of hydrogen-bond acceptors (Lipinski definition) is 6. The number of methoxy groups -OCH3 is 1. The van der Waals surface area contributed by atoms with Crippen molar-refractivity contribution < 1.29 is 34.1 Å². The number of piperidine rings is 1. The molecule has 1 heterocycles. The molecule has 2 unspecified atom stereocenters. The number of aliphatic carboxylic acids is 2. The summed E-state index contributed by atoms with van der Waals surface area (Å²) in [5.41, 5.74) is 1.06. The van der Waals surface area contributed by atoms with Crippen molar-refractivity contribution in [3.63, 3.8) is 0 Å². The standard InChI is InChI=1S/C25H32N2O3.C2H2O4/c1-4-23(28)27(22-13-9-6-10-14-22)25(24(29)30-3)16-18-26(19-20(25)2)17-15-21-11-7-5-8-12-21;3-1(4)2(5)6/h5-14,20H,4,15-19H2,1-3H3;(H,3,4)(H,5,6). The monoisotopic (exact) mass is 498 g/mol. The van der Waals surface area contributed by atoms with E-state index in [-0.39, 0.29) is 17.8 Å². The Morgan fingerprint density at radius 1 is 1.00 bits per heavy atom. The summed E-state index contributed by atoms with van der Waals surface area (Å²) < 4.78 is 5.27. The molecule has 1 amide bonds. The molecule has 0 aromatic heterocycles. The van der Waals surface area contributed by atoms with Gasteiger partial charge in [-0.2, -0.15) is 0 Å². The van der Waals surface area contributed by atoms with E-state index >= 15 is 0 Å². The molecule has 0 spiro atoms. The molecule has 2 aromatic rings. The number of anilines is 1. The van der Waals surface area contributed by atoms with E-state index in [1.54, 1.807) is 4.90 Å². The molecule has 2 aromatic carbocycles. The summed E-state index contributed by atoms with van der Waals surface area (Å²) >= 11 is 0. The smallest absolute Gasteiger partial charge is 0.414 e. The highest BCUT2D eigenvalue weighted by Crippen LogP contribution is 2.39. The van der Waals surface area contributed by atoms with Gasteiger partial charge in [0.2, 0.25) is 5.91 Å². The first-order valence-electron chi connectivity index (χ1n) is 11.9. The van der Waals surface area contributed by atoms with Crippen LogP contribution in [-0.4, -0.2) is 71.2 Å². The van der Waals surface area contributed by atoms with Crippen molar-refractivity contribution in [3.8, 4) is 0 Å². The number of rotatable bonds is 7. The zero-order valence-electron chi connectivity index (χ0n) is 20.9. The second-order valence-electron chi connectivity index (χ2n) is 8.63. The number of amides is 1. The Morgan fingerprint density at radius 3 is 2.03 bits per heavy atom. The van der Waals surface area contributed by atoms with Crippen molar-refractivity contribution >= 4 is 29.5 Å². The zero-order chi connectivity index (χ0) is 26.7. The average molecular weight is 499 g/mol. The second-order valence-corrected chi connectivity index (χ2v) is 8.63. The van der Waals surface area contributed by atoms with Crippen LogP contribution in [0.15, 0.2) is 60.7 Å². The molecule has 36 heavy (non-hydrogen) atoms. The quantitative estimate of drug-likeness (QED) is 0.441. The summed E-state index contributed by atoms with van der Waals surface area (Å²) in [6, 6.07) is 19.9. The highest BCUT2D eigenvalue weighted by atomic mass is 16.5. The average Bonchev–Trinajstić information content (AvgIpc) is 2.89. The van der Waals surface area contributed by atoms with Crippen LogP contribution in [0.3, 0.4) is 0 Å². The Balaban J connectivity index is 0.000000678. The number of esters is 1. The van der Waals surface area contributed by atoms with Gasteiger partial charge in [-0.25, -0.2) is 14.4 Å². The van der Waals surface area contributed by atoms with Gasteiger partial charge in [-0.3, -0.25) is 9.69 Å². The van der Waals surface area contributed by atoms with Gasteiger partial charge in [0.1, 0.15) is 5.54 Å². The van der Waals surface area contributed by atoms with Crippen molar-refractivity contribution in [1.29, 1.82) is 0 Å². The van der Waals surface area contributed by atoms with E-state index in [4.69, 9.17) is 24.5 Å². The van der Waals surface area contributed by atoms with E-state index in [0.717, 1.165) is 31.7 Å². The molecule has 1 aliphatic rings. The van der Waals surface area contributed by atoms with Gasteiger partial charge in [-0.1, -0.05) is 62.4 Å². The third-order valence-corrected chi connectivity index (χ3v) is 6.40. The van der Waals surface area contributed by atoms with Crippen LogP contribution in [-0.2, 0) is 30.3 Å². The normalized spacial score (nSPS) is 19.4. The SMILES string of the molecule is CCC(=O)N(c1ccccc1)C1(C(=O)OC)CCN(CCc2ccccc2)CC1C.O=C(O)C(=O)O. The van der Waals surface area contributed by atoms with Crippen molar-refractivity contribution in [2.24, 2.45) is 5.92 Å². The van der Waals surface area contributed by atoms with Crippen LogP contribution < -0.4 is 4.90 Å². The predicted octanol–water partition coefficient (Wildman–Crippen LogP) is 3.08. The lowest BCUT2D eigenvalue weighted by molar-refractivity contribution is -0.159. The van der Waals surface area contributed by atoms with E-state index in [1.807, 2.05) is 43.3 Å². The van der Waals surface area contributed by atoms with Crippen LogP contribution in [0.2, 0.25) is 0 Å². The molecule has 0 saturated carbocycles. The van der Waals surface area contributed by atoms with Gasteiger partial charge in [-0.15, -0.1) is 0 Å². The van der Waals surface area contributed by atoms with Crippen LogP contribution in [0.4, 0.5) is 5.69 Å². The Kier molecular flexibility index (Phi) is 10.6. The third kappa shape index (κ3) is 6.91. The minimum absolute atomic E-state index is 0.0591. The molecule has 0 aliphatic carbocycles. The van der Waals surface area contributed by atoms with Crippen molar-refractivity contribution in [2.75, 3.05) is 31.6 Å². The molecule has 0 bridgehead atoms. The minimum Gasteiger partial charge on any atom is -0.473 e. The van der Waals surface area contributed by atoms with E-state index in [9.17, 15) is 9.59 Å². The number of nitrogens with zero attached hydrogens (tertiary/aromatic N) is 2. The Bertz CT molecular complexity index is 1020. The molecule has 0 radical (unpaired) electrons. The highest BCUT2D eigenvalue weighted by Gasteiger charge is 2.54. The van der Waals surface area contributed by atoms with Crippen molar-refractivity contribution in [3.05, 3.63) is 66.2 Å². The molecular weight excluding hydrogens is 464 g/mol. The Labute approximate surface area is 211 Å². The summed E-state index contributed by atoms with van der Waals surface area (Å²) in [7, 11) is 1.41. The van der Waals surface area contributed by atoms with Crippen LogP contribution >= 0.6 is 0 Å². The first-order valence-corrected chi connectivity index (χ1v) is 11.9. The number of ether oxygens (including phenoxy) is 1. The predicted molar refractivity (Wildman–Crippen MR) is 135 cm³/mol. The second kappa shape index (κ2) is 13.4.